The highest BCUT2D eigenvalue weighted by molar-refractivity contribution is 7.99. The largest absolute Gasteiger partial charge is 0.365 e. The second kappa shape index (κ2) is 8.02. The van der Waals surface area contributed by atoms with Crippen molar-refractivity contribution in [2.45, 2.75) is 58.2 Å². The summed E-state index contributed by atoms with van der Waals surface area (Å²) >= 11 is 2.82. The number of thioether (sulfide) groups is 1. The lowest BCUT2D eigenvalue weighted by Crippen LogP contribution is -2.20. The summed E-state index contributed by atoms with van der Waals surface area (Å²) in [5, 5.41) is 12.4. The lowest BCUT2D eigenvalue weighted by molar-refractivity contribution is -0.113. The number of nitrogens with two attached hydrogens (primary N) is 1. The quantitative estimate of drug-likeness (QED) is 0.716. The van der Waals surface area contributed by atoms with Crippen LogP contribution in [0.5, 0.6) is 0 Å². The first-order chi connectivity index (χ1) is 12.8. The Kier molecular flexibility index (Phi) is 5.90. The Morgan fingerprint density at radius 1 is 1.41 bits per heavy atom. The fraction of sp³-hybridized carbons (Fsp3) is 0.556. The van der Waals surface area contributed by atoms with Gasteiger partial charge in [0.2, 0.25) is 5.91 Å². The fourth-order valence-corrected chi connectivity index (χ4v) is 5.78. The molecule has 0 saturated heterocycles. The third kappa shape index (κ3) is 4.19. The highest BCUT2D eigenvalue weighted by atomic mass is 32.2. The van der Waals surface area contributed by atoms with Crippen LogP contribution in [0.4, 0.5) is 5.00 Å². The molecule has 2 aromatic rings. The van der Waals surface area contributed by atoms with E-state index in [4.69, 9.17) is 5.73 Å². The molecule has 0 aliphatic heterocycles. The molecule has 3 rings (SSSR count). The number of thiophene rings is 1. The summed E-state index contributed by atoms with van der Waals surface area (Å²) in [4.78, 5) is 25.6. The molecular formula is C18H25N5O2S2. The number of fused-ring (bicyclic) bond motifs is 1. The van der Waals surface area contributed by atoms with Gasteiger partial charge in [0, 0.05) is 10.9 Å². The van der Waals surface area contributed by atoms with Crippen molar-refractivity contribution in [1.82, 2.24) is 14.8 Å². The lowest BCUT2D eigenvalue weighted by Gasteiger charge is -2.18. The first-order valence-electron chi connectivity index (χ1n) is 9.06. The van der Waals surface area contributed by atoms with Crippen molar-refractivity contribution in [1.29, 1.82) is 0 Å². The number of carbonyl (C=O) groups is 2. The van der Waals surface area contributed by atoms with E-state index in [1.165, 1.54) is 28.0 Å². The number of nitrogens with one attached hydrogen (secondary N) is 1. The van der Waals surface area contributed by atoms with Crippen molar-refractivity contribution in [3.63, 3.8) is 0 Å². The van der Waals surface area contributed by atoms with E-state index in [2.05, 4.69) is 36.3 Å². The standard InChI is InChI=1S/C18H25N5O2S2/c1-9(2)23-11(4)21-22-18(23)26-8-14(24)20-17-15(16(19)25)12-6-5-10(3)7-13(12)27-17/h9-10H,5-8H2,1-4H3,(H2,19,25)(H,20,24). The Morgan fingerprint density at radius 2 is 2.15 bits per heavy atom. The molecule has 2 amide bonds. The Labute approximate surface area is 167 Å². The smallest absolute Gasteiger partial charge is 0.251 e. The van der Waals surface area contributed by atoms with Crippen molar-refractivity contribution < 1.29 is 9.59 Å². The average molecular weight is 408 g/mol. The maximum atomic E-state index is 12.5. The van der Waals surface area contributed by atoms with E-state index in [0.29, 0.717) is 21.6 Å². The molecule has 1 aliphatic rings. The van der Waals surface area contributed by atoms with Crippen LogP contribution in [-0.4, -0.2) is 32.3 Å². The molecule has 0 spiro atoms. The third-order valence-corrected chi connectivity index (χ3v) is 6.81. The Balaban J connectivity index is 1.72. The molecule has 0 aromatic carbocycles. The Hall–Kier alpha value is -1.87. The van der Waals surface area contributed by atoms with Gasteiger partial charge in [-0.3, -0.25) is 9.59 Å². The summed E-state index contributed by atoms with van der Waals surface area (Å²) in [7, 11) is 0. The van der Waals surface area contributed by atoms with Crippen molar-refractivity contribution in [3.8, 4) is 0 Å². The van der Waals surface area contributed by atoms with E-state index in [1.807, 2.05) is 11.5 Å². The zero-order valence-corrected chi connectivity index (χ0v) is 17.7. The van der Waals surface area contributed by atoms with Gasteiger partial charge in [0.05, 0.1) is 11.3 Å². The summed E-state index contributed by atoms with van der Waals surface area (Å²) < 4.78 is 2.00. The van der Waals surface area contributed by atoms with Crippen LogP contribution in [0.25, 0.3) is 0 Å². The molecule has 3 N–H and O–H groups in total. The summed E-state index contributed by atoms with van der Waals surface area (Å²) in [6, 6.07) is 0.220. The maximum Gasteiger partial charge on any atom is 0.251 e. The van der Waals surface area contributed by atoms with Crippen LogP contribution in [0.3, 0.4) is 0 Å². The summed E-state index contributed by atoms with van der Waals surface area (Å²) in [6.07, 6.45) is 2.81. The van der Waals surface area contributed by atoms with Crippen molar-refractivity contribution in [2.75, 3.05) is 11.1 Å². The molecule has 27 heavy (non-hydrogen) atoms. The number of anilines is 1. The molecule has 0 fully saturated rings. The van der Waals surface area contributed by atoms with Crippen LogP contribution >= 0.6 is 23.1 Å². The van der Waals surface area contributed by atoms with E-state index < -0.39 is 5.91 Å². The van der Waals surface area contributed by atoms with Gasteiger partial charge in [-0.2, -0.15) is 0 Å². The van der Waals surface area contributed by atoms with Crippen molar-refractivity contribution in [3.05, 3.63) is 21.8 Å². The predicted octanol–water partition coefficient (Wildman–Crippen LogP) is 3.18. The topological polar surface area (TPSA) is 103 Å². The van der Waals surface area contributed by atoms with Gasteiger partial charge >= 0.3 is 0 Å². The minimum Gasteiger partial charge on any atom is -0.365 e. The first-order valence-corrected chi connectivity index (χ1v) is 10.9. The van der Waals surface area contributed by atoms with E-state index in [9.17, 15) is 9.59 Å². The van der Waals surface area contributed by atoms with Crippen LogP contribution in [0, 0.1) is 12.8 Å². The molecule has 7 nitrogen and oxygen atoms in total. The van der Waals surface area contributed by atoms with Gasteiger partial charge in [0.15, 0.2) is 5.16 Å². The number of nitrogens with zero attached hydrogens (tertiary/aromatic N) is 3. The monoisotopic (exact) mass is 407 g/mol. The van der Waals surface area contributed by atoms with E-state index in [-0.39, 0.29) is 17.7 Å². The number of aryl methyl sites for hydroxylation is 1. The zero-order chi connectivity index (χ0) is 19.7. The van der Waals surface area contributed by atoms with Gasteiger partial charge < -0.3 is 15.6 Å². The van der Waals surface area contributed by atoms with Crippen LogP contribution in [0.15, 0.2) is 5.16 Å². The van der Waals surface area contributed by atoms with E-state index in [1.54, 1.807) is 0 Å². The number of rotatable bonds is 6. The molecule has 2 aromatic heterocycles. The number of primary amides is 1. The number of carbonyl (C=O) groups excluding carboxylic acids is 2. The second-order valence-corrected chi connectivity index (χ2v) is 9.30. The van der Waals surface area contributed by atoms with Crippen LogP contribution in [0.1, 0.15) is 59.9 Å². The second-order valence-electron chi connectivity index (χ2n) is 7.25. The highest BCUT2D eigenvalue weighted by Gasteiger charge is 2.27. The number of hydrogen-bond acceptors (Lipinski definition) is 6. The minimum absolute atomic E-state index is 0.176. The van der Waals surface area contributed by atoms with Gasteiger partial charge in [0.25, 0.3) is 5.91 Å². The summed E-state index contributed by atoms with van der Waals surface area (Å²) in [5.41, 5.74) is 7.11. The molecular weight excluding hydrogens is 382 g/mol. The van der Waals surface area contributed by atoms with Gasteiger partial charge in [-0.1, -0.05) is 18.7 Å². The van der Waals surface area contributed by atoms with Crippen LogP contribution < -0.4 is 11.1 Å². The maximum absolute atomic E-state index is 12.5. The minimum atomic E-state index is -0.472. The third-order valence-electron chi connectivity index (χ3n) is 4.69. The normalized spacial score (nSPS) is 16.4. The number of aromatic nitrogens is 3. The molecule has 9 heteroatoms. The molecule has 0 radical (unpaired) electrons. The molecule has 1 unspecified atom stereocenters. The van der Waals surface area contributed by atoms with E-state index >= 15 is 0 Å². The molecule has 2 heterocycles. The lowest BCUT2D eigenvalue weighted by atomic mass is 9.88. The summed E-state index contributed by atoms with van der Waals surface area (Å²) in [6.45, 7) is 8.20. The van der Waals surface area contributed by atoms with Gasteiger partial charge in [-0.25, -0.2) is 0 Å². The SMILES string of the molecule is Cc1nnc(SCC(=O)Nc2sc3c(c2C(N)=O)CCC(C)C3)n1C(C)C. The van der Waals surface area contributed by atoms with Crippen molar-refractivity contribution >= 4 is 39.9 Å². The fourth-order valence-electron chi connectivity index (χ4n) is 3.44. The Bertz CT molecular complexity index is 871. The zero-order valence-electron chi connectivity index (χ0n) is 16.0. The summed E-state index contributed by atoms with van der Waals surface area (Å²) in [5.74, 6) is 0.957. The molecule has 1 aliphatic carbocycles. The van der Waals surface area contributed by atoms with Gasteiger partial charge in [-0.15, -0.1) is 21.5 Å². The van der Waals surface area contributed by atoms with Crippen LogP contribution in [-0.2, 0) is 17.6 Å². The number of amides is 2. The molecule has 1 atom stereocenters. The molecule has 146 valence electrons. The number of hydrogen-bond donors (Lipinski definition) is 2. The molecule has 0 bridgehead atoms. The Morgan fingerprint density at radius 3 is 2.81 bits per heavy atom. The first kappa shape index (κ1) is 19.9. The highest BCUT2D eigenvalue weighted by Crippen LogP contribution is 2.39. The van der Waals surface area contributed by atoms with Gasteiger partial charge in [-0.05, 0) is 51.5 Å². The van der Waals surface area contributed by atoms with E-state index in [0.717, 1.165) is 30.7 Å². The van der Waals surface area contributed by atoms with Gasteiger partial charge in [0.1, 0.15) is 10.8 Å². The average Bonchev–Trinajstić information content (AvgIpc) is 3.12. The molecule has 0 saturated carbocycles. The predicted molar refractivity (Wildman–Crippen MR) is 109 cm³/mol. The van der Waals surface area contributed by atoms with Crippen LogP contribution in [0.2, 0.25) is 0 Å². The van der Waals surface area contributed by atoms with Crippen molar-refractivity contribution in [2.24, 2.45) is 11.7 Å².